The van der Waals surface area contributed by atoms with Crippen LogP contribution in [-0.4, -0.2) is 26.6 Å². The van der Waals surface area contributed by atoms with E-state index in [9.17, 15) is 0 Å². The number of thiocarbonyl (C=S) groups is 1. The summed E-state index contributed by atoms with van der Waals surface area (Å²) in [4.78, 5) is 11.5. The molecule has 0 fully saturated rings. The number of allylic oxidation sites excluding steroid dienone is 1. The number of aromatic nitrogens is 3. The molecule has 0 aromatic carbocycles. The number of nitrogens with one attached hydrogen (secondary N) is 3. The number of pyridine rings is 1. The largest absolute Gasteiger partial charge is 0.362 e. The molecule has 0 bridgehead atoms. The van der Waals surface area contributed by atoms with Gasteiger partial charge in [-0.3, -0.25) is 0 Å². The van der Waals surface area contributed by atoms with Crippen LogP contribution in [0.4, 0.5) is 5.95 Å². The number of H-pyrrole nitrogens is 1. The molecule has 2 heterocycles. The first-order chi connectivity index (χ1) is 11.1. The molecule has 5 nitrogen and oxygen atoms in total. The van der Waals surface area contributed by atoms with E-state index >= 15 is 0 Å². The Morgan fingerprint density at radius 3 is 2.96 bits per heavy atom. The lowest BCUT2D eigenvalue weighted by Crippen LogP contribution is -2.29. The lowest BCUT2D eigenvalue weighted by Gasteiger charge is -2.13. The Labute approximate surface area is 149 Å². The topological polar surface area (TPSA) is 65.6 Å². The van der Waals surface area contributed by atoms with Crippen LogP contribution >= 0.6 is 35.4 Å². The predicted octanol–water partition coefficient (Wildman–Crippen LogP) is 4.44. The standard InChI is InChI=1S/C15H17Cl2N5S/c16-10-8-11-13(20-12(10)17)21-14(19-11)22-15(23)18-7-6-9-4-2-1-3-5-9/h4,8H,1-3,5-7H2,(H3,18,19,20,21,22,23). The molecule has 122 valence electrons. The SMILES string of the molecule is S=C(NCCC1=CCCCC1)Nc1nc2nc(Cl)c(Cl)cc2[nH]1. The van der Waals surface area contributed by atoms with Crippen LogP contribution in [-0.2, 0) is 0 Å². The maximum absolute atomic E-state index is 5.94. The zero-order valence-corrected chi connectivity index (χ0v) is 14.8. The van der Waals surface area contributed by atoms with Crippen molar-refractivity contribution in [3.05, 3.63) is 27.9 Å². The van der Waals surface area contributed by atoms with Gasteiger partial charge in [0.15, 0.2) is 10.8 Å². The number of halogens is 2. The molecule has 0 atom stereocenters. The van der Waals surface area contributed by atoms with E-state index in [1.54, 1.807) is 6.07 Å². The number of nitrogens with zero attached hydrogens (tertiary/aromatic N) is 2. The van der Waals surface area contributed by atoms with Crippen molar-refractivity contribution in [2.24, 2.45) is 0 Å². The third-order valence-electron chi connectivity index (χ3n) is 3.73. The van der Waals surface area contributed by atoms with Gasteiger partial charge in [-0.05, 0) is 50.4 Å². The van der Waals surface area contributed by atoms with Crippen molar-refractivity contribution in [3.63, 3.8) is 0 Å². The molecule has 8 heteroatoms. The second-order valence-electron chi connectivity index (χ2n) is 5.46. The molecule has 1 aliphatic rings. The third-order valence-corrected chi connectivity index (χ3v) is 4.65. The van der Waals surface area contributed by atoms with Crippen LogP contribution in [0.1, 0.15) is 32.1 Å². The Morgan fingerprint density at radius 2 is 2.17 bits per heavy atom. The Kier molecular flexibility index (Phi) is 5.35. The highest BCUT2D eigenvalue weighted by Crippen LogP contribution is 2.24. The number of anilines is 1. The van der Waals surface area contributed by atoms with Crippen LogP contribution in [0.25, 0.3) is 11.2 Å². The summed E-state index contributed by atoms with van der Waals surface area (Å²) in [6, 6.07) is 1.69. The summed E-state index contributed by atoms with van der Waals surface area (Å²) in [5.74, 6) is 0.514. The van der Waals surface area contributed by atoms with E-state index in [0.717, 1.165) is 13.0 Å². The Hall–Kier alpha value is -1.37. The first-order valence-corrected chi connectivity index (χ1v) is 8.73. The fourth-order valence-corrected chi connectivity index (χ4v) is 3.06. The van der Waals surface area contributed by atoms with Gasteiger partial charge in [-0.2, -0.15) is 4.98 Å². The number of rotatable bonds is 4. The van der Waals surface area contributed by atoms with Gasteiger partial charge in [-0.1, -0.05) is 34.9 Å². The summed E-state index contributed by atoms with van der Waals surface area (Å²) in [6.45, 7) is 0.813. The van der Waals surface area contributed by atoms with Crippen molar-refractivity contribution in [1.82, 2.24) is 20.3 Å². The highest BCUT2D eigenvalue weighted by molar-refractivity contribution is 7.80. The third kappa shape index (κ3) is 4.34. The fraction of sp³-hybridized carbons (Fsp3) is 0.400. The van der Waals surface area contributed by atoms with Gasteiger partial charge in [0.1, 0.15) is 5.15 Å². The van der Waals surface area contributed by atoms with Gasteiger partial charge in [0.2, 0.25) is 5.95 Å². The zero-order chi connectivity index (χ0) is 16.2. The summed E-state index contributed by atoms with van der Waals surface area (Å²) in [6.07, 6.45) is 8.39. The van der Waals surface area contributed by atoms with Crippen LogP contribution in [0.2, 0.25) is 10.2 Å². The average Bonchev–Trinajstić information content (AvgIpc) is 2.90. The summed E-state index contributed by atoms with van der Waals surface area (Å²) in [7, 11) is 0. The Balaban J connectivity index is 1.54. The quantitative estimate of drug-likeness (QED) is 0.422. The molecule has 0 saturated carbocycles. The summed E-state index contributed by atoms with van der Waals surface area (Å²) in [5.41, 5.74) is 2.72. The molecule has 3 rings (SSSR count). The second kappa shape index (κ2) is 7.47. The maximum atomic E-state index is 5.94. The summed E-state index contributed by atoms with van der Waals surface area (Å²) in [5, 5.41) is 7.35. The molecular weight excluding hydrogens is 353 g/mol. The minimum atomic E-state index is 0.235. The monoisotopic (exact) mass is 369 g/mol. The Morgan fingerprint density at radius 1 is 1.30 bits per heavy atom. The molecule has 0 radical (unpaired) electrons. The van der Waals surface area contributed by atoms with Crippen molar-refractivity contribution in [2.45, 2.75) is 32.1 Å². The van der Waals surface area contributed by atoms with Crippen molar-refractivity contribution in [1.29, 1.82) is 0 Å². The first-order valence-electron chi connectivity index (χ1n) is 7.56. The molecule has 0 spiro atoms. The first kappa shape index (κ1) is 16.5. The van der Waals surface area contributed by atoms with E-state index in [4.69, 9.17) is 35.4 Å². The van der Waals surface area contributed by atoms with Crippen molar-refractivity contribution in [3.8, 4) is 0 Å². The van der Waals surface area contributed by atoms with Crippen LogP contribution in [0.3, 0.4) is 0 Å². The van der Waals surface area contributed by atoms with Crippen molar-refractivity contribution < 1.29 is 0 Å². The molecule has 0 unspecified atom stereocenters. The fourth-order valence-electron chi connectivity index (χ4n) is 2.58. The van der Waals surface area contributed by atoms with Crippen LogP contribution < -0.4 is 10.6 Å². The minimum absolute atomic E-state index is 0.235. The van der Waals surface area contributed by atoms with Gasteiger partial charge in [0.25, 0.3) is 0 Å². The molecule has 0 aliphatic heterocycles. The van der Waals surface area contributed by atoms with Gasteiger partial charge in [0.05, 0.1) is 10.5 Å². The van der Waals surface area contributed by atoms with Crippen LogP contribution in [0.5, 0.6) is 0 Å². The second-order valence-corrected chi connectivity index (χ2v) is 6.63. The number of fused-ring (bicyclic) bond motifs is 1. The number of hydrogen-bond donors (Lipinski definition) is 3. The predicted molar refractivity (Wildman–Crippen MR) is 99.3 cm³/mol. The van der Waals surface area contributed by atoms with E-state index in [1.807, 2.05) is 0 Å². The number of hydrogen-bond acceptors (Lipinski definition) is 3. The number of aromatic amines is 1. The highest BCUT2D eigenvalue weighted by Gasteiger charge is 2.09. The van der Waals surface area contributed by atoms with Gasteiger partial charge in [0, 0.05) is 6.54 Å². The van der Waals surface area contributed by atoms with Crippen molar-refractivity contribution in [2.75, 3.05) is 11.9 Å². The Bertz CT molecular complexity index is 717. The zero-order valence-electron chi connectivity index (χ0n) is 12.5. The van der Waals surface area contributed by atoms with Crippen LogP contribution in [0, 0.1) is 0 Å². The molecule has 3 N–H and O–H groups in total. The van der Waals surface area contributed by atoms with Crippen molar-refractivity contribution >= 4 is 57.6 Å². The molecule has 0 amide bonds. The van der Waals surface area contributed by atoms with E-state index in [-0.39, 0.29) is 5.15 Å². The van der Waals surface area contributed by atoms with E-state index in [2.05, 4.69) is 31.7 Å². The van der Waals surface area contributed by atoms with Gasteiger partial charge in [-0.15, -0.1) is 0 Å². The van der Waals surface area contributed by atoms with E-state index in [0.29, 0.717) is 27.2 Å². The smallest absolute Gasteiger partial charge is 0.209 e. The summed E-state index contributed by atoms with van der Waals surface area (Å²) < 4.78 is 0. The van der Waals surface area contributed by atoms with Crippen LogP contribution in [0.15, 0.2) is 17.7 Å². The molecular formula is C15H17Cl2N5S. The molecule has 0 saturated heterocycles. The highest BCUT2D eigenvalue weighted by atomic mass is 35.5. The van der Waals surface area contributed by atoms with Gasteiger partial charge < -0.3 is 15.6 Å². The lowest BCUT2D eigenvalue weighted by atomic mass is 9.97. The molecule has 23 heavy (non-hydrogen) atoms. The normalized spacial score (nSPS) is 14.6. The van der Waals surface area contributed by atoms with E-state index in [1.165, 1.54) is 31.3 Å². The molecule has 2 aromatic heterocycles. The molecule has 2 aromatic rings. The van der Waals surface area contributed by atoms with Gasteiger partial charge in [-0.25, -0.2) is 4.98 Å². The average molecular weight is 370 g/mol. The maximum Gasteiger partial charge on any atom is 0.209 e. The summed E-state index contributed by atoms with van der Waals surface area (Å²) >= 11 is 17.1. The lowest BCUT2D eigenvalue weighted by molar-refractivity contribution is 0.669. The minimum Gasteiger partial charge on any atom is -0.362 e. The number of imidazole rings is 1. The molecule has 1 aliphatic carbocycles. The van der Waals surface area contributed by atoms with Gasteiger partial charge >= 0.3 is 0 Å². The van der Waals surface area contributed by atoms with E-state index < -0.39 is 0 Å².